The van der Waals surface area contributed by atoms with E-state index in [1.165, 1.54) is 12.1 Å². The second kappa shape index (κ2) is 7.95. The van der Waals surface area contributed by atoms with Gasteiger partial charge < -0.3 is 40.1 Å². The number of fused-ring (bicyclic) bond motifs is 2. The molecule has 5 unspecified atom stereocenters. The van der Waals surface area contributed by atoms with Gasteiger partial charge >= 0.3 is 0 Å². The van der Waals surface area contributed by atoms with Gasteiger partial charge in [-0.05, 0) is 35.2 Å². The molecule has 2 aromatic carbocycles. The number of hydrogen-bond donors (Lipinski definition) is 6. The summed E-state index contributed by atoms with van der Waals surface area (Å²) in [5.74, 6) is -1.85. The number of ether oxygens (including phenoxy) is 2. The van der Waals surface area contributed by atoms with Gasteiger partial charge in [0.15, 0.2) is 12.6 Å². The van der Waals surface area contributed by atoms with Crippen LogP contribution < -0.4 is 0 Å². The van der Waals surface area contributed by atoms with E-state index in [0.717, 1.165) is 0 Å². The molecule has 6 N–H and O–H groups in total. The summed E-state index contributed by atoms with van der Waals surface area (Å²) in [6.45, 7) is -0.654. The summed E-state index contributed by atoms with van der Waals surface area (Å²) in [4.78, 5) is 12.8. The van der Waals surface area contributed by atoms with Crippen molar-refractivity contribution in [2.24, 2.45) is 5.92 Å². The monoisotopic (exact) mass is 418 g/mol. The molecule has 0 saturated carbocycles. The van der Waals surface area contributed by atoms with Crippen LogP contribution in [0.5, 0.6) is 11.5 Å². The first-order chi connectivity index (χ1) is 14.3. The van der Waals surface area contributed by atoms with Crippen molar-refractivity contribution in [2.75, 3.05) is 6.61 Å². The van der Waals surface area contributed by atoms with Crippen LogP contribution in [0, 0.1) is 5.92 Å². The van der Waals surface area contributed by atoms with Gasteiger partial charge in [-0.3, -0.25) is 4.79 Å². The first kappa shape index (κ1) is 20.7. The molecule has 9 nitrogen and oxygen atoms in total. The lowest BCUT2D eigenvalue weighted by Gasteiger charge is -2.39. The molecule has 1 aliphatic carbocycles. The minimum Gasteiger partial charge on any atom is -0.507 e. The zero-order chi connectivity index (χ0) is 21.6. The quantitative estimate of drug-likeness (QED) is 0.336. The fraction of sp³-hybridized carbons (Fsp3) is 0.381. The van der Waals surface area contributed by atoms with E-state index >= 15 is 0 Å². The first-order valence-corrected chi connectivity index (χ1v) is 9.44. The number of aliphatic hydroxyl groups is 4. The van der Waals surface area contributed by atoms with Crippen LogP contribution in [-0.4, -0.2) is 67.8 Å². The SMILES string of the molecule is O=C1c2c(O)cccc2Cc2cc(COC3OC(O)C(O)C(O)C3CO)cc(O)c21. The topological polar surface area (TPSA) is 157 Å². The van der Waals surface area contributed by atoms with Crippen molar-refractivity contribution in [1.29, 1.82) is 0 Å². The molecule has 2 aliphatic rings. The highest BCUT2D eigenvalue weighted by Crippen LogP contribution is 2.37. The molecule has 1 saturated heterocycles. The average molecular weight is 418 g/mol. The first-order valence-electron chi connectivity index (χ1n) is 9.44. The highest BCUT2D eigenvalue weighted by atomic mass is 16.7. The van der Waals surface area contributed by atoms with E-state index in [0.29, 0.717) is 23.1 Å². The standard InChI is InChI=1S/C21H22O9/c22-7-12-17(25)19(27)20(28)30-21(12)29-8-9-4-11-6-10-2-1-3-13(23)15(10)18(26)16(11)14(24)5-9/h1-5,12,17,19-25,27-28H,6-8H2. The van der Waals surface area contributed by atoms with E-state index in [4.69, 9.17) is 9.47 Å². The fourth-order valence-corrected chi connectivity index (χ4v) is 4.00. The van der Waals surface area contributed by atoms with Crippen LogP contribution in [0.4, 0.5) is 0 Å². The number of aliphatic hydroxyl groups excluding tert-OH is 4. The highest BCUT2D eigenvalue weighted by molar-refractivity contribution is 6.15. The number of ketones is 1. The normalized spacial score (nSPS) is 28.1. The number of carbonyl (C=O) groups is 1. The summed E-state index contributed by atoms with van der Waals surface area (Å²) in [7, 11) is 0. The molecule has 0 bridgehead atoms. The number of hydrogen-bond acceptors (Lipinski definition) is 9. The smallest absolute Gasteiger partial charge is 0.201 e. The number of benzene rings is 2. The molecular formula is C21H22O9. The third kappa shape index (κ3) is 3.45. The number of phenolic OH excluding ortho intramolecular Hbond substituents is 2. The van der Waals surface area contributed by atoms with Gasteiger partial charge in [-0.1, -0.05) is 18.2 Å². The molecule has 5 atom stereocenters. The van der Waals surface area contributed by atoms with E-state index in [1.807, 2.05) is 0 Å². The maximum atomic E-state index is 12.8. The van der Waals surface area contributed by atoms with Crippen LogP contribution in [-0.2, 0) is 22.5 Å². The molecule has 0 aromatic heterocycles. The van der Waals surface area contributed by atoms with Crippen molar-refractivity contribution >= 4 is 5.78 Å². The molecule has 160 valence electrons. The second-order valence-corrected chi connectivity index (χ2v) is 7.50. The zero-order valence-corrected chi connectivity index (χ0v) is 15.8. The molecule has 4 rings (SSSR count). The Balaban J connectivity index is 1.56. The third-order valence-corrected chi connectivity index (χ3v) is 5.55. The third-order valence-electron chi connectivity index (χ3n) is 5.55. The Kier molecular flexibility index (Phi) is 5.49. The zero-order valence-electron chi connectivity index (χ0n) is 15.8. The second-order valence-electron chi connectivity index (χ2n) is 7.50. The number of carbonyl (C=O) groups excluding carboxylic acids is 1. The number of rotatable bonds is 4. The Morgan fingerprint density at radius 3 is 2.47 bits per heavy atom. The fourth-order valence-electron chi connectivity index (χ4n) is 4.00. The summed E-state index contributed by atoms with van der Waals surface area (Å²) >= 11 is 0. The van der Waals surface area contributed by atoms with Gasteiger partial charge in [-0.15, -0.1) is 0 Å². The molecule has 0 radical (unpaired) electrons. The maximum absolute atomic E-state index is 12.8. The lowest BCUT2D eigenvalue weighted by Crippen LogP contribution is -2.56. The van der Waals surface area contributed by atoms with E-state index in [1.54, 1.807) is 18.2 Å². The van der Waals surface area contributed by atoms with Crippen molar-refractivity contribution in [3.05, 3.63) is 58.1 Å². The molecular weight excluding hydrogens is 396 g/mol. The van der Waals surface area contributed by atoms with Crippen molar-refractivity contribution in [3.63, 3.8) is 0 Å². The van der Waals surface area contributed by atoms with E-state index < -0.39 is 43.1 Å². The predicted octanol–water partition coefficient (Wildman–Crippen LogP) is -0.245. The summed E-state index contributed by atoms with van der Waals surface area (Å²) in [6, 6.07) is 7.81. The molecule has 9 heteroatoms. The minimum absolute atomic E-state index is 0.112. The van der Waals surface area contributed by atoms with E-state index in [-0.39, 0.29) is 29.2 Å². The van der Waals surface area contributed by atoms with Crippen LogP contribution in [0.15, 0.2) is 30.3 Å². The number of phenols is 2. The lowest BCUT2D eigenvalue weighted by molar-refractivity contribution is -0.334. The summed E-state index contributed by atoms with van der Waals surface area (Å²) in [5, 5.41) is 59.3. The number of aromatic hydroxyl groups is 2. The molecule has 0 spiro atoms. The lowest BCUT2D eigenvalue weighted by atomic mass is 9.83. The maximum Gasteiger partial charge on any atom is 0.201 e. The van der Waals surface area contributed by atoms with Gasteiger partial charge in [0.05, 0.1) is 36.4 Å². The van der Waals surface area contributed by atoms with Crippen molar-refractivity contribution in [2.45, 2.75) is 37.8 Å². The van der Waals surface area contributed by atoms with Gasteiger partial charge in [-0.25, -0.2) is 0 Å². The molecule has 2 aromatic rings. The van der Waals surface area contributed by atoms with Gasteiger partial charge in [0.25, 0.3) is 0 Å². The van der Waals surface area contributed by atoms with Gasteiger partial charge in [0.2, 0.25) is 5.78 Å². The average Bonchev–Trinajstić information content (AvgIpc) is 2.70. The van der Waals surface area contributed by atoms with Crippen LogP contribution >= 0.6 is 0 Å². The van der Waals surface area contributed by atoms with Gasteiger partial charge in [-0.2, -0.15) is 0 Å². The Hall–Kier alpha value is -2.53. The van der Waals surface area contributed by atoms with Crippen LogP contribution in [0.2, 0.25) is 0 Å². The summed E-state index contributed by atoms with van der Waals surface area (Å²) < 4.78 is 10.7. The molecule has 30 heavy (non-hydrogen) atoms. The van der Waals surface area contributed by atoms with Crippen molar-refractivity contribution < 1.29 is 44.9 Å². The molecule has 1 aliphatic heterocycles. The molecule has 1 fully saturated rings. The Labute approximate surface area is 171 Å². The van der Waals surface area contributed by atoms with Crippen molar-refractivity contribution in [3.8, 4) is 11.5 Å². The molecule has 1 heterocycles. The Morgan fingerprint density at radius 2 is 1.73 bits per heavy atom. The van der Waals surface area contributed by atoms with Gasteiger partial charge in [0.1, 0.15) is 17.6 Å². The van der Waals surface area contributed by atoms with Gasteiger partial charge in [0, 0.05) is 0 Å². The van der Waals surface area contributed by atoms with E-state index in [9.17, 15) is 35.4 Å². The Bertz CT molecular complexity index is 973. The molecule has 0 amide bonds. The highest BCUT2D eigenvalue weighted by Gasteiger charge is 2.44. The van der Waals surface area contributed by atoms with Crippen LogP contribution in [0.3, 0.4) is 0 Å². The summed E-state index contributed by atoms with van der Waals surface area (Å²) in [5.41, 5.74) is 1.99. The Morgan fingerprint density at radius 1 is 1.00 bits per heavy atom. The van der Waals surface area contributed by atoms with E-state index in [2.05, 4.69) is 0 Å². The van der Waals surface area contributed by atoms with Crippen LogP contribution in [0.25, 0.3) is 0 Å². The van der Waals surface area contributed by atoms with Crippen LogP contribution in [0.1, 0.15) is 32.6 Å². The largest absolute Gasteiger partial charge is 0.507 e. The summed E-state index contributed by atoms with van der Waals surface area (Å²) in [6.07, 6.45) is -5.55. The minimum atomic E-state index is -1.67. The predicted molar refractivity (Wildman–Crippen MR) is 101 cm³/mol. The van der Waals surface area contributed by atoms with Crippen molar-refractivity contribution in [1.82, 2.24) is 0 Å².